The number of carbonyl (C=O) groups excluding carboxylic acids is 1. The summed E-state index contributed by atoms with van der Waals surface area (Å²) in [5, 5.41) is 8.11. The molecule has 1 amide bonds. The molecule has 0 radical (unpaired) electrons. The number of nitrogens with one attached hydrogen (secondary N) is 3. The van der Waals surface area contributed by atoms with E-state index in [9.17, 15) is 9.59 Å². The van der Waals surface area contributed by atoms with Crippen LogP contribution in [0.15, 0.2) is 41.3 Å². The molecule has 1 aromatic carbocycles. The first kappa shape index (κ1) is 12.9. The summed E-state index contributed by atoms with van der Waals surface area (Å²) in [5.41, 5.74) is 0.788. The van der Waals surface area contributed by atoms with Gasteiger partial charge in [0.25, 0.3) is 11.5 Å². The van der Waals surface area contributed by atoms with Gasteiger partial charge < -0.3 is 15.2 Å². The third-order valence-corrected chi connectivity index (χ3v) is 3.04. The van der Waals surface area contributed by atoms with Gasteiger partial charge in [0.05, 0.1) is 18.2 Å². The second-order valence-corrected chi connectivity index (χ2v) is 4.34. The SMILES string of the molecule is COc1cc(C(=O)Nc2c[nH][nH]c2=O)c2ccccc2n1. The minimum absolute atomic E-state index is 0.153. The zero-order valence-corrected chi connectivity index (χ0v) is 11.1. The van der Waals surface area contributed by atoms with Gasteiger partial charge in [-0.25, -0.2) is 4.98 Å². The van der Waals surface area contributed by atoms with E-state index in [1.165, 1.54) is 13.3 Å². The first-order valence-electron chi connectivity index (χ1n) is 6.20. The fourth-order valence-corrected chi connectivity index (χ4v) is 2.03. The predicted molar refractivity (Wildman–Crippen MR) is 77.7 cm³/mol. The van der Waals surface area contributed by atoms with Gasteiger partial charge in [-0.3, -0.25) is 14.7 Å². The number of anilines is 1. The van der Waals surface area contributed by atoms with Gasteiger partial charge in [0.15, 0.2) is 0 Å². The van der Waals surface area contributed by atoms with E-state index < -0.39 is 11.5 Å². The number of pyridine rings is 1. The predicted octanol–water partition coefficient (Wildman–Crippen LogP) is 1.51. The number of methoxy groups -OCH3 is 1. The summed E-state index contributed by atoms with van der Waals surface area (Å²) < 4.78 is 5.11. The highest BCUT2D eigenvalue weighted by atomic mass is 16.5. The largest absolute Gasteiger partial charge is 0.481 e. The molecular formula is C14H12N4O3. The first-order valence-corrected chi connectivity index (χ1v) is 6.20. The Kier molecular flexibility index (Phi) is 3.15. The third-order valence-electron chi connectivity index (χ3n) is 3.04. The molecule has 0 unspecified atom stereocenters. The molecule has 0 aliphatic rings. The minimum Gasteiger partial charge on any atom is -0.481 e. The molecule has 3 rings (SSSR count). The van der Waals surface area contributed by atoms with Crippen LogP contribution in [0.25, 0.3) is 10.9 Å². The smallest absolute Gasteiger partial charge is 0.287 e. The third kappa shape index (κ3) is 2.36. The molecular weight excluding hydrogens is 272 g/mol. The molecule has 2 heterocycles. The average molecular weight is 284 g/mol. The van der Waals surface area contributed by atoms with Crippen LogP contribution in [0.1, 0.15) is 10.4 Å². The number of ether oxygens (including phenoxy) is 1. The maximum Gasteiger partial charge on any atom is 0.287 e. The molecule has 3 aromatic rings. The summed E-state index contributed by atoms with van der Waals surface area (Å²) in [6.07, 6.45) is 1.39. The lowest BCUT2D eigenvalue weighted by Crippen LogP contribution is -2.17. The standard InChI is InChI=1S/C14H12N4O3/c1-21-12-6-9(8-4-2-3-5-10(8)16-12)13(19)17-11-7-15-18-14(11)20/h2-7H,1H3,(H,17,19)(H2,15,18,20). The summed E-state index contributed by atoms with van der Waals surface area (Å²) in [7, 11) is 1.48. The van der Waals surface area contributed by atoms with Crippen molar-refractivity contribution in [1.29, 1.82) is 0 Å². The van der Waals surface area contributed by atoms with E-state index in [1.54, 1.807) is 18.2 Å². The zero-order valence-electron chi connectivity index (χ0n) is 11.1. The summed E-state index contributed by atoms with van der Waals surface area (Å²) in [6.45, 7) is 0. The van der Waals surface area contributed by atoms with Gasteiger partial charge in [-0.05, 0) is 6.07 Å². The van der Waals surface area contributed by atoms with Gasteiger partial charge in [0.2, 0.25) is 5.88 Å². The van der Waals surface area contributed by atoms with Crippen LogP contribution in [0, 0.1) is 0 Å². The van der Waals surface area contributed by atoms with Crippen molar-refractivity contribution in [2.45, 2.75) is 0 Å². The van der Waals surface area contributed by atoms with E-state index in [-0.39, 0.29) is 5.69 Å². The second kappa shape index (κ2) is 5.12. The normalized spacial score (nSPS) is 10.5. The summed E-state index contributed by atoms with van der Waals surface area (Å²) in [6, 6.07) is 8.76. The van der Waals surface area contributed by atoms with Gasteiger partial charge in [-0.1, -0.05) is 18.2 Å². The Morgan fingerprint density at radius 2 is 2.14 bits per heavy atom. The number of aromatic nitrogens is 3. The first-order chi connectivity index (χ1) is 10.2. The Bertz CT molecular complexity index is 866. The molecule has 0 spiro atoms. The lowest BCUT2D eigenvalue weighted by Gasteiger charge is -2.08. The number of aromatic amines is 2. The monoisotopic (exact) mass is 284 g/mol. The number of carbonyl (C=O) groups is 1. The lowest BCUT2D eigenvalue weighted by atomic mass is 10.1. The van der Waals surface area contributed by atoms with Crippen LogP contribution < -0.4 is 15.6 Å². The number of H-pyrrole nitrogens is 2. The van der Waals surface area contributed by atoms with Crippen LogP contribution in [0.4, 0.5) is 5.69 Å². The molecule has 7 heteroatoms. The van der Waals surface area contributed by atoms with Crippen molar-refractivity contribution in [2.75, 3.05) is 12.4 Å². The number of hydrogen-bond acceptors (Lipinski definition) is 4. The lowest BCUT2D eigenvalue weighted by molar-refractivity contribution is 0.102. The molecule has 0 bridgehead atoms. The van der Waals surface area contributed by atoms with Crippen molar-refractivity contribution in [1.82, 2.24) is 15.2 Å². The second-order valence-electron chi connectivity index (χ2n) is 4.34. The molecule has 2 aromatic heterocycles. The van der Waals surface area contributed by atoms with Gasteiger partial charge in [0.1, 0.15) is 5.69 Å². The fraction of sp³-hybridized carbons (Fsp3) is 0.0714. The summed E-state index contributed by atoms with van der Waals surface area (Å²) in [4.78, 5) is 28.1. The van der Waals surface area contributed by atoms with E-state index in [0.29, 0.717) is 22.3 Å². The van der Waals surface area contributed by atoms with Crippen molar-refractivity contribution in [3.05, 3.63) is 52.4 Å². The molecule has 106 valence electrons. The van der Waals surface area contributed by atoms with E-state index in [2.05, 4.69) is 20.5 Å². The Morgan fingerprint density at radius 3 is 2.86 bits per heavy atom. The van der Waals surface area contributed by atoms with Crippen molar-refractivity contribution < 1.29 is 9.53 Å². The molecule has 7 nitrogen and oxygen atoms in total. The van der Waals surface area contributed by atoms with Crippen LogP contribution in [-0.2, 0) is 0 Å². The number of benzene rings is 1. The molecule has 21 heavy (non-hydrogen) atoms. The highest BCUT2D eigenvalue weighted by Gasteiger charge is 2.15. The maximum absolute atomic E-state index is 12.4. The van der Waals surface area contributed by atoms with Crippen molar-refractivity contribution in [2.24, 2.45) is 0 Å². The van der Waals surface area contributed by atoms with E-state index in [0.717, 1.165) is 0 Å². The number of rotatable bonds is 3. The summed E-state index contributed by atoms with van der Waals surface area (Å²) >= 11 is 0. The van der Waals surface area contributed by atoms with E-state index in [4.69, 9.17) is 4.74 Å². The quantitative estimate of drug-likeness (QED) is 0.678. The van der Waals surface area contributed by atoms with E-state index >= 15 is 0 Å². The number of hydrogen-bond donors (Lipinski definition) is 3. The van der Waals surface area contributed by atoms with Crippen LogP contribution in [-0.4, -0.2) is 28.2 Å². The maximum atomic E-state index is 12.4. The highest BCUT2D eigenvalue weighted by Crippen LogP contribution is 2.22. The number of fused-ring (bicyclic) bond motifs is 1. The molecule has 0 aliphatic heterocycles. The number of nitrogens with zero attached hydrogens (tertiary/aromatic N) is 1. The molecule has 0 saturated carbocycles. The molecule has 0 atom stereocenters. The van der Waals surface area contributed by atoms with Gasteiger partial charge >= 0.3 is 0 Å². The Labute approximate surface area is 119 Å². The Balaban J connectivity index is 2.08. The van der Waals surface area contributed by atoms with Gasteiger partial charge in [-0.2, -0.15) is 0 Å². The van der Waals surface area contributed by atoms with Crippen molar-refractivity contribution >= 4 is 22.5 Å². The molecule has 0 fully saturated rings. The summed E-state index contributed by atoms with van der Waals surface area (Å²) in [5.74, 6) is -0.0705. The fourth-order valence-electron chi connectivity index (χ4n) is 2.03. The topological polar surface area (TPSA) is 99.9 Å². The van der Waals surface area contributed by atoms with Crippen molar-refractivity contribution in [3.63, 3.8) is 0 Å². The minimum atomic E-state index is -0.406. The van der Waals surface area contributed by atoms with Crippen LogP contribution in [0.5, 0.6) is 5.88 Å². The van der Waals surface area contributed by atoms with Crippen LogP contribution >= 0.6 is 0 Å². The van der Waals surface area contributed by atoms with Gasteiger partial charge in [0, 0.05) is 17.6 Å². The molecule has 0 aliphatic carbocycles. The average Bonchev–Trinajstić information content (AvgIpc) is 2.91. The van der Waals surface area contributed by atoms with Crippen LogP contribution in [0.3, 0.4) is 0 Å². The Hall–Kier alpha value is -3.09. The number of para-hydroxylation sites is 1. The van der Waals surface area contributed by atoms with Crippen LogP contribution in [0.2, 0.25) is 0 Å². The van der Waals surface area contributed by atoms with E-state index in [1.807, 2.05) is 12.1 Å². The van der Waals surface area contributed by atoms with Crippen molar-refractivity contribution in [3.8, 4) is 5.88 Å². The van der Waals surface area contributed by atoms with Gasteiger partial charge in [-0.15, -0.1) is 0 Å². The zero-order chi connectivity index (χ0) is 14.8. The number of amides is 1. The molecule has 3 N–H and O–H groups in total. The Morgan fingerprint density at radius 1 is 1.33 bits per heavy atom. The molecule has 0 saturated heterocycles. The highest BCUT2D eigenvalue weighted by molar-refractivity contribution is 6.12.